The van der Waals surface area contributed by atoms with Crippen LogP contribution in [0.15, 0.2) is 48.1 Å². The Morgan fingerprint density at radius 1 is 1.14 bits per heavy atom. The van der Waals surface area contributed by atoms with Gasteiger partial charge in [0.2, 0.25) is 0 Å². The molecular weight excluding hydrogens is 176 g/mol. The van der Waals surface area contributed by atoms with Crippen molar-refractivity contribution in [2.24, 2.45) is 0 Å². The van der Waals surface area contributed by atoms with Crippen molar-refractivity contribution in [3.05, 3.63) is 48.1 Å². The summed E-state index contributed by atoms with van der Waals surface area (Å²) in [5.41, 5.74) is 0.417. The summed E-state index contributed by atoms with van der Waals surface area (Å²) in [5, 5.41) is 8.68. The van der Waals surface area contributed by atoms with Crippen LogP contribution in [-0.2, 0) is 4.79 Å². The van der Waals surface area contributed by atoms with Crippen LogP contribution in [0.25, 0.3) is 0 Å². The minimum atomic E-state index is -0.852. The van der Waals surface area contributed by atoms with Gasteiger partial charge in [-0.05, 0) is 20.3 Å². The number of carbonyl (C=O) groups is 1. The summed E-state index contributed by atoms with van der Waals surface area (Å²) < 4.78 is 0. The molecule has 0 spiro atoms. The molecule has 0 amide bonds. The van der Waals surface area contributed by atoms with Gasteiger partial charge in [0.25, 0.3) is 0 Å². The molecule has 2 nitrogen and oxygen atoms in total. The van der Waals surface area contributed by atoms with Crippen molar-refractivity contribution in [2.75, 3.05) is 0 Å². The van der Waals surface area contributed by atoms with Crippen molar-refractivity contribution in [3.63, 3.8) is 0 Å². The lowest BCUT2D eigenvalue weighted by atomic mass is 10.2. The topological polar surface area (TPSA) is 37.3 Å². The third-order valence-corrected chi connectivity index (χ3v) is 1.62. The SMILES string of the molecule is CC=CC=CC=CCC(=CC)C(=O)O. The van der Waals surface area contributed by atoms with Crippen LogP contribution in [0.1, 0.15) is 20.3 Å². The van der Waals surface area contributed by atoms with E-state index in [9.17, 15) is 4.79 Å². The number of allylic oxidation sites excluding steroid dienone is 7. The predicted octanol–water partition coefficient (Wildman–Crippen LogP) is 3.10. The molecule has 0 aliphatic carbocycles. The Bertz CT molecular complexity index is 281. The van der Waals surface area contributed by atoms with Crippen molar-refractivity contribution in [1.29, 1.82) is 0 Å². The maximum atomic E-state index is 10.6. The standard InChI is InChI=1S/C12H16O2/c1-3-5-6-7-8-9-10-11(4-2)12(13)14/h3-9H,10H2,1-2H3,(H,13,14). The molecule has 0 aromatic carbocycles. The summed E-state index contributed by atoms with van der Waals surface area (Å²) in [6.45, 7) is 3.67. The molecule has 0 rings (SSSR count). The van der Waals surface area contributed by atoms with Crippen LogP contribution < -0.4 is 0 Å². The number of hydrogen-bond donors (Lipinski definition) is 1. The number of carboxylic acid groups (broad SMARTS) is 1. The van der Waals surface area contributed by atoms with E-state index in [2.05, 4.69) is 0 Å². The molecule has 76 valence electrons. The molecule has 2 heteroatoms. The van der Waals surface area contributed by atoms with Crippen molar-refractivity contribution in [2.45, 2.75) is 20.3 Å². The summed E-state index contributed by atoms with van der Waals surface area (Å²) in [6.07, 6.45) is 13.4. The Balaban J connectivity index is 3.98. The second-order valence-electron chi connectivity index (χ2n) is 2.66. The van der Waals surface area contributed by atoms with Gasteiger partial charge >= 0.3 is 5.97 Å². The molecule has 0 saturated carbocycles. The maximum absolute atomic E-state index is 10.6. The minimum Gasteiger partial charge on any atom is -0.478 e. The van der Waals surface area contributed by atoms with Crippen molar-refractivity contribution in [1.82, 2.24) is 0 Å². The van der Waals surface area contributed by atoms with Crippen LogP contribution in [0, 0.1) is 0 Å². The third-order valence-electron chi connectivity index (χ3n) is 1.62. The number of aliphatic carboxylic acids is 1. The van der Waals surface area contributed by atoms with Gasteiger partial charge in [-0.25, -0.2) is 4.79 Å². The van der Waals surface area contributed by atoms with Gasteiger partial charge in [-0.15, -0.1) is 0 Å². The van der Waals surface area contributed by atoms with E-state index in [-0.39, 0.29) is 0 Å². The molecule has 0 atom stereocenters. The van der Waals surface area contributed by atoms with Crippen LogP contribution in [0.4, 0.5) is 0 Å². The zero-order chi connectivity index (χ0) is 10.8. The summed E-state index contributed by atoms with van der Waals surface area (Å²) in [5.74, 6) is -0.852. The largest absolute Gasteiger partial charge is 0.478 e. The van der Waals surface area contributed by atoms with E-state index in [0.29, 0.717) is 12.0 Å². The van der Waals surface area contributed by atoms with E-state index in [0.717, 1.165) is 0 Å². The van der Waals surface area contributed by atoms with Gasteiger partial charge in [0, 0.05) is 5.57 Å². The molecule has 0 heterocycles. The van der Waals surface area contributed by atoms with E-state index in [1.807, 2.05) is 43.4 Å². The van der Waals surface area contributed by atoms with Gasteiger partial charge in [0.15, 0.2) is 0 Å². The first kappa shape index (κ1) is 12.4. The van der Waals surface area contributed by atoms with Gasteiger partial charge in [0.1, 0.15) is 0 Å². The fourth-order valence-corrected chi connectivity index (χ4v) is 0.842. The highest BCUT2D eigenvalue weighted by atomic mass is 16.4. The Morgan fingerprint density at radius 3 is 2.29 bits per heavy atom. The summed E-state index contributed by atoms with van der Waals surface area (Å²) >= 11 is 0. The van der Waals surface area contributed by atoms with Gasteiger partial charge in [0.05, 0.1) is 0 Å². The highest BCUT2D eigenvalue weighted by Crippen LogP contribution is 2.02. The lowest BCUT2D eigenvalue weighted by Crippen LogP contribution is -1.98. The zero-order valence-corrected chi connectivity index (χ0v) is 8.60. The fraction of sp³-hybridized carbons (Fsp3) is 0.250. The normalized spacial score (nSPS) is 13.4. The number of rotatable bonds is 5. The van der Waals surface area contributed by atoms with E-state index in [4.69, 9.17) is 5.11 Å². The van der Waals surface area contributed by atoms with Gasteiger partial charge in [-0.1, -0.05) is 42.5 Å². The molecule has 0 aliphatic heterocycles. The molecule has 0 unspecified atom stereocenters. The van der Waals surface area contributed by atoms with Crippen LogP contribution in [0.5, 0.6) is 0 Å². The van der Waals surface area contributed by atoms with Crippen molar-refractivity contribution in [3.8, 4) is 0 Å². The van der Waals surface area contributed by atoms with Crippen LogP contribution in [0.2, 0.25) is 0 Å². The van der Waals surface area contributed by atoms with Gasteiger partial charge < -0.3 is 5.11 Å². The molecule has 0 bridgehead atoms. The third kappa shape index (κ3) is 6.00. The van der Waals surface area contributed by atoms with Gasteiger partial charge in [-0.3, -0.25) is 0 Å². The summed E-state index contributed by atoms with van der Waals surface area (Å²) in [7, 11) is 0. The van der Waals surface area contributed by atoms with E-state index in [1.54, 1.807) is 13.0 Å². The monoisotopic (exact) mass is 192 g/mol. The van der Waals surface area contributed by atoms with Crippen LogP contribution >= 0.6 is 0 Å². The fourth-order valence-electron chi connectivity index (χ4n) is 0.842. The van der Waals surface area contributed by atoms with Gasteiger partial charge in [-0.2, -0.15) is 0 Å². The molecule has 0 fully saturated rings. The highest BCUT2D eigenvalue weighted by Gasteiger charge is 2.01. The highest BCUT2D eigenvalue weighted by molar-refractivity contribution is 5.86. The maximum Gasteiger partial charge on any atom is 0.331 e. The number of carboxylic acids is 1. The number of hydrogen-bond acceptors (Lipinski definition) is 1. The summed E-state index contributed by atoms with van der Waals surface area (Å²) in [6, 6.07) is 0. The molecule has 0 saturated heterocycles. The summed E-state index contributed by atoms with van der Waals surface area (Å²) in [4.78, 5) is 10.6. The molecular formula is C12H16O2. The van der Waals surface area contributed by atoms with E-state index >= 15 is 0 Å². The Kier molecular flexibility index (Phi) is 7.15. The molecule has 0 aromatic rings. The van der Waals surface area contributed by atoms with Crippen LogP contribution in [0.3, 0.4) is 0 Å². The molecule has 1 N–H and O–H groups in total. The first-order valence-corrected chi connectivity index (χ1v) is 4.55. The van der Waals surface area contributed by atoms with E-state index < -0.39 is 5.97 Å². The lowest BCUT2D eigenvalue weighted by Gasteiger charge is -1.93. The lowest BCUT2D eigenvalue weighted by molar-refractivity contribution is -0.132. The quantitative estimate of drug-likeness (QED) is 0.537. The van der Waals surface area contributed by atoms with Crippen LogP contribution in [-0.4, -0.2) is 11.1 Å². The average molecular weight is 192 g/mol. The minimum absolute atomic E-state index is 0.417. The van der Waals surface area contributed by atoms with Crippen molar-refractivity contribution < 1.29 is 9.90 Å². The molecule has 0 radical (unpaired) electrons. The predicted molar refractivity (Wildman–Crippen MR) is 59.1 cm³/mol. The smallest absolute Gasteiger partial charge is 0.331 e. The Labute approximate surface area is 85.0 Å². The first-order valence-electron chi connectivity index (χ1n) is 4.55. The average Bonchev–Trinajstić information content (AvgIpc) is 2.16. The molecule has 14 heavy (non-hydrogen) atoms. The second-order valence-corrected chi connectivity index (χ2v) is 2.66. The van der Waals surface area contributed by atoms with E-state index in [1.165, 1.54) is 0 Å². The molecule has 0 aromatic heterocycles. The second kappa shape index (κ2) is 8.05. The Morgan fingerprint density at radius 2 is 1.79 bits per heavy atom. The first-order chi connectivity index (χ1) is 6.72. The Hall–Kier alpha value is -1.57. The van der Waals surface area contributed by atoms with Crippen molar-refractivity contribution >= 4 is 5.97 Å². The zero-order valence-electron chi connectivity index (χ0n) is 8.60. The molecule has 0 aliphatic rings.